The van der Waals surface area contributed by atoms with Gasteiger partial charge in [0.1, 0.15) is 17.8 Å². The topological polar surface area (TPSA) is 74.6 Å². The molecule has 0 unspecified atom stereocenters. The molecular formula is C16H16O4S2Si. The van der Waals surface area contributed by atoms with Crippen LogP contribution < -0.4 is 10.4 Å². The fourth-order valence-electron chi connectivity index (χ4n) is 4.40. The molecule has 0 aliphatic carbocycles. The van der Waals surface area contributed by atoms with E-state index in [1.54, 1.807) is 0 Å². The zero-order valence-electron chi connectivity index (χ0n) is 12.8. The molecule has 2 aliphatic heterocycles. The summed E-state index contributed by atoms with van der Waals surface area (Å²) < 4.78 is 0. The van der Waals surface area contributed by atoms with Crippen LogP contribution in [0.1, 0.15) is 54.8 Å². The van der Waals surface area contributed by atoms with Gasteiger partial charge in [-0.3, -0.25) is 0 Å². The van der Waals surface area contributed by atoms with Gasteiger partial charge in [-0.25, -0.2) is 9.59 Å². The molecule has 0 saturated carbocycles. The summed E-state index contributed by atoms with van der Waals surface area (Å²) in [6.45, 7) is 4.35. The molecule has 2 aliphatic rings. The molecule has 2 aromatic rings. The zero-order chi connectivity index (χ0) is 16.5. The molecule has 4 nitrogen and oxygen atoms in total. The summed E-state index contributed by atoms with van der Waals surface area (Å²) in [4.78, 5) is 26.0. The van der Waals surface area contributed by atoms with Gasteiger partial charge in [0.05, 0.1) is 0 Å². The molecule has 0 fully saturated rings. The first kappa shape index (κ1) is 15.1. The predicted molar refractivity (Wildman–Crippen MR) is 94.0 cm³/mol. The molecule has 0 bridgehead atoms. The number of fused-ring (bicyclic) bond motifs is 4. The Morgan fingerprint density at radius 3 is 1.70 bits per heavy atom. The molecule has 0 aromatic carbocycles. The van der Waals surface area contributed by atoms with Crippen LogP contribution >= 0.6 is 22.7 Å². The first-order chi connectivity index (χ1) is 10.8. The molecule has 2 N–H and O–H groups in total. The van der Waals surface area contributed by atoms with Crippen molar-refractivity contribution in [1.29, 1.82) is 0 Å². The van der Waals surface area contributed by atoms with Crippen molar-refractivity contribution >= 4 is 53.1 Å². The van der Waals surface area contributed by atoms with Crippen molar-refractivity contribution in [2.75, 3.05) is 0 Å². The van der Waals surface area contributed by atoms with Crippen molar-refractivity contribution in [2.45, 2.75) is 37.8 Å². The molecule has 120 valence electrons. The molecule has 0 radical (unpaired) electrons. The molecular weight excluding hydrogens is 348 g/mol. The molecule has 23 heavy (non-hydrogen) atoms. The van der Waals surface area contributed by atoms with Crippen LogP contribution in [0.25, 0.3) is 0 Å². The van der Waals surface area contributed by atoms with Crippen LogP contribution in [0.4, 0.5) is 0 Å². The third kappa shape index (κ3) is 1.93. The Balaban J connectivity index is 1.92. The zero-order valence-corrected chi connectivity index (χ0v) is 15.4. The van der Waals surface area contributed by atoms with Crippen molar-refractivity contribution < 1.29 is 19.8 Å². The minimum Gasteiger partial charge on any atom is -0.477 e. The van der Waals surface area contributed by atoms with Crippen LogP contribution in [-0.4, -0.2) is 30.2 Å². The molecule has 0 amide bonds. The van der Waals surface area contributed by atoms with Gasteiger partial charge in [0.15, 0.2) is 0 Å². The van der Waals surface area contributed by atoms with Gasteiger partial charge in [-0.05, 0) is 46.4 Å². The summed E-state index contributed by atoms with van der Waals surface area (Å²) in [5, 5.41) is 21.2. The maximum absolute atomic E-state index is 11.4. The van der Waals surface area contributed by atoms with E-state index in [1.165, 1.54) is 42.8 Å². The molecule has 4 heterocycles. The highest BCUT2D eigenvalue weighted by Gasteiger charge is 2.53. The van der Waals surface area contributed by atoms with E-state index in [4.69, 9.17) is 0 Å². The molecule has 0 saturated heterocycles. The summed E-state index contributed by atoms with van der Waals surface area (Å²) in [5.41, 5.74) is 0. The summed E-state index contributed by atoms with van der Waals surface area (Å²) in [6.07, 6.45) is 0. The van der Waals surface area contributed by atoms with Crippen LogP contribution in [0.5, 0.6) is 0 Å². The smallest absolute Gasteiger partial charge is 0.345 e. The fourth-order valence-corrected chi connectivity index (χ4v) is 14.4. The van der Waals surface area contributed by atoms with Gasteiger partial charge in [-0.15, -0.1) is 22.7 Å². The van der Waals surface area contributed by atoms with Gasteiger partial charge < -0.3 is 10.2 Å². The number of thiophene rings is 2. The maximum atomic E-state index is 11.4. The summed E-state index contributed by atoms with van der Waals surface area (Å²) >= 11 is 2.82. The number of carboxylic acid groups (broad SMARTS) is 2. The summed E-state index contributed by atoms with van der Waals surface area (Å²) in [7, 11) is -1.99. The summed E-state index contributed by atoms with van der Waals surface area (Å²) in [6, 6.07) is 5.94. The number of hydrogen-bond acceptors (Lipinski definition) is 4. The van der Waals surface area contributed by atoms with Crippen molar-refractivity contribution in [3.05, 3.63) is 31.6 Å². The Hall–Kier alpha value is -1.44. The molecule has 4 rings (SSSR count). The number of carbonyl (C=O) groups is 2. The van der Waals surface area contributed by atoms with E-state index in [0.29, 0.717) is 21.6 Å². The molecule has 2 aromatic heterocycles. The van der Waals surface area contributed by atoms with E-state index in [0.717, 1.165) is 12.1 Å². The van der Waals surface area contributed by atoms with E-state index >= 15 is 0 Å². The third-order valence-corrected chi connectivity index (χ3v) is 13.8. The fraction of sp³-hybridized carbons (Fsp3) is 0.375. The lowest BCUT2D eigenvalue weighted by Crippen LogP contribution is -2.52. The van der Waals surface area contributed by atoms with Crippen molar-refractivity contribution in [3.8, 4) is 0 Å². The van der Waals surface area contributed by atoms with E-state index in [9.17, 15) is 19.8 Å². The van der Waals surface area contributed by atoms with E-state index in [1.807, 2.05) is 12.1 Å². The Morgan fingerprint density at radius 1 is 0.957 bits per heavy atom. The van der Waals surface area contributed by atoms with Gasteiger partial charge in [0, 0.05) is 9.75 Å². The highest BCUT2D eigenvalue weighted by atomic mass is 32.1. The van der Waals surface area contributed by atoms with Crippen molar-refractivity contribution in [2.24, 2.45) is 0 Å². The van der Waals surface area contributed by atoms with E-state index < -0.39 is 20.0 Å². The second-order valence-electron chi connectivity index (χ2n) is 6.68. The lowest BCUT2D eigenvalue weighted by molar-refractivity contribution is 0.0691. The summed E-state index contributed by atoms with van der Waals surface area (Å²) in [5.74, 6) is -0.964. The minimum atomic E-state index is -1.99. The standard InChI is InChI=1S/C16H16O4S2Si/c1-7-5-23(11-3-9(15(17)18)21-13(7)11)6-8(2)14-12(23)4-10(22-14)16(19)20/h3-4,7-8H,5-6H2,1-2H3,(H,17,18)(H,19,20)/t7-,8-,23?/m0/s1. The van der Waals surface area contributed by atoms with Crippen LogP contribution in [0.3, 0.4) is 0 Å². The number of aromatic carboxylic acids is 2. The average molecular weight is 365 g/mol. The SMILES string of the molecule is C[C@H]1C[Si]2(C[C@H](C)c3sc(C(=O)O)cc32)c2cc(C(=O)O)sc21. The Bertz CT molecular complexity index is 780. The van der Waals surface area contributed by atoms with Crippen LogP contribution in [0, 0.1) is 0 Å². The van der Waals surface area contributed by atoms with Crippen molar-refractivity contribution in [3.63, 3.8) is 0 Å². The van der Waals surface area contributed by atoms with Crippen molar-refractivity contribution in [1.82, 2.24) is 0 Å². The quantitative estimate of drug-likeness (QED) is 0.804. The molecule has 1 spiro atoms. The monoisotopic (exact) mass is 364 g/mol. The number of rotatable bonds is 2. The molecule has 7 heteroatoms. The Labute approximate surface area is 142 Å². The predicted octanol–water partition coefficient (Wildman–Crippen LogP) is 3.00. The first-order valence-electron chi connectivity index (χ1n) is 7.58. The number of carboxylic acids is 2. The second-order valence-corrected chi connectivity index (χ2v) is 12.9. The van der Waals surface area contributed by atoms with Gasteiger partial charge >= 0.3 is 11.9 Å². The van der Waals surface area contributed by atoms with E-state index in [2.05, 4.69) is 13.8 Å². The van der Waals surface area contributed by atoms with Gasteiger partial charge in [0.25, 0.3) is 0 Å². The van der Waals surface area contributed by atoms with Crippen LogP contribution in [0.15, 0.2) is 12.1 Å². The average Bonchev–Trinajstić information content (AvgIpc) is 3.17. The highest BCUT2D eigenvalue weighted by Crippen LogP contribution is 2.48. The maximum Gasteiger partial charge on any atom is 0.345 e. The Kier molecular flexibility index (Phi) is 3.14. The minimum absolute atomic E-state index is 0.376. The molecule has 2 atom stereocenters. The normalized spacial score (nSPS) is 23.9. The van der Waals surface area contributed by atoms with Gasteiger partial charge in [-0.2, -0.15) is 0 Å². The lowest BCUT2D eigenvalue weighted by Gasteiger charge is -2.23. The van der Waals surface area contributed by atoms with Crippen LogP contribution in [-0.2, 0) is 0 Å². The van der Waals surface area contributed by atoms with Crippen LogP contribution in [0.2, 0.25) is 12.1 Å². The van der Waals surface area contributed by atoms with Gasteiger partial charge in [0.2, 0.25) is 0 Å². The largest absolute Gasteiger partial charge is 0.477 e. The lowest BCUT2D eigenvalue weighted by atomic mass is 10.2. The Morgan fingerprint density at radius 2 is 1.35 bits per heavy atom. The second kappa shape index (κ2) is 4.78. The first-order valence-corrected chi connectivity index (χ1v) is 11.6. The third-order valence-electron chi connectivity index (χ3n) is 5.18. The van der Waals surface area contributed by atoms with E-state index in [-0.39, 0.29) is 0 Å². The highest BCUT2D eigenvalue weighted by molar-refractivity contribution is 7.21. The number of hydrogen-bond donors (Lipinski definition) is 2. The van der Waals surface area contributed by atoms with Gasteiger partial charge in [-0.1, -0.05) is 13.8 Å².